The molecule has 2 fully saturated rings. The molecule has 1 unspecified atom stereocenters. The largest absolute Gasteiger partial charge is 0.467 e. The minimum absolute atomic E-state index is 0.107. The number of ether oxygens (including phenoxy) is 4. The monoisotopic (exact) mass is 548 g/mol. The molecule has 2 heterocycles. The van der Waals surface area contributed by atoms with Gasteiger partial charge in [0.2, 0.25) is 6.29 Å². The van der Waals surface area contributed by atoms with Crippen LogP contribution in [0.4, 0.5) is 0 Å². The lowest BCUT2D eigenvalue weighted by atomic mass is 9.69. The molecule has 16 heteroatoms. The number of aliphatic hydroxyl groups is 4. The van der Waals surface area contributed by atoms with Gasteiger partial charge in [0.1, 0.15) is 35.3 Å². The van der Waals surface area contributed by atoms with Crippen LogP contribution in [0.25, 0.3) is 0 Å². The second kappa shape index (κ2) is 12.2. The van der Waals surface area contributed by atoms with Gasteiger partial charge in [0.25, 0.3) is 0 Å². The second-order valence-electron chi connectivity index (χ2n) is 10.3. The Morgan fingerprint density at radius 1 is 1.26 bits per heavy atom. The number of likely N-dealkylation sites (N-methyl/N-ethyl adjacent to an activating group) is 1. The molecule has 0 amide bonds. The predicted octanol–water partition coefficient (Wildman–Crippen LogP) is -5.64. The van der Waals surface area contributed by atoms with Gasteiger partial charge in [-0.25, -0.2) is 0 Å². The summed E-state index contributed by atoms with van der Waals surface area (Å²) in [6.45, 7) is 0.894. The first-order valence-electron chi connectivity index (χ1n) is 12.6. The van der Waals surface area contributed by atoms with Crippen molar-refractivity contribution in [2.24, 2.45) is 28.7 Å². The van der Waals surface area contributed by atoms with Crippen molar-refractivity contribution in [3.63, 3.8) is 0 Å². The van der Waals surface area contributed by atoms with Crippen molar-refractivity contribution in [3.8, 4) is 0 Å². The molecule has 3 rings (SSSR count). The highest BCUT2D eigenvalue weighted by atomic mass is 16.7. The smallest absolute Gasteiger partial charge is 0.215 e. The van der Waals surface area contributed by atoms with Crippen LogP contribution in [0.3, 0.4) is 0 Å². The average molecular weight is 549 g/mol. The molecule has 2 aliphatic heterocycles. The minimum Gasteiger partial charge on any atom is -0.467 e. The molecular weight excluding hydrogens is 504 g/mol. The van der Waals surface area contributed by atoms with Crippen molar-refractivity contribution >= 4 is 5.96 Å². The van der Waals surface area contributed by atoms with Crippen molar-refractivity contribution in [3.05, 3.63) is 11.8 Å². The van der Waals surface area contributed by atoms with Crippen molar-refractivity contribution in [1.29, 1.82) is 5.41 Å². The summed E-state index contributed by atoms with van der Waals surface area (Å²) in [5.41, 5.74) is 27.3. The van der Waals surface area contributed by atoms with Crippen molar-refractivity contribution in [1.82, 2.24) is 10.6 Å². The molecule has 0 aromatic heterocycles. The summed E-state index contributed by atoms with van der Waals surface area (Å²) in [6.07, 6.45) is -4.77. The van der Waals surface area contributed by atoms with Gasteiger partial charge in [-0.2, -0.15) is 0 Å². The highest BCUT2D eigenvalue weighted by molar-refractivity contribution is 5.74. The average Bonchev–Trinajstić information content (AvgIpc) is 2.86. The van der Waals surface area contributed by atoms with E-state index in [0.29, 0.717) is 12.2 Å². The summed E-state index contributed by atoms with van der Waals surface area (Å²) in [4.78, 5) is 0. The molecule has 38 heavy (non-hydrogen) atoms. The summed E-state index contributed by atoms with van der Waals surface area (Å²) >= 11 is 0. The number of hydrogen-bond donors (Lipinski definition) is 12. The Morgan fingerprint density at radius 3 is 2.53 bits per heavy atom. The fraction of sp³-hybridized carbons (Fsp3) is 0.864. The van der Waals surface area contributed by atoms with E-state index in [9.17, 15) is 20.4 Å². The molecule has 1 saturated heterocycles. The van der Waals surface area contributed by atoms with Gasteiger partial charge in [0, 0.05) is 13.0 Å². The third kappa shape index (κ3) is 5.91. The zero-order valence-electron chi connectivity index (χ0n) is 21.7. The van der Waals surface area contributed by atoms with Crippen LogP contribution in [0.1, 0.15) is 19.8 Å². The van der Waals surface area contributed by atoms with Gasteiger partial charge in [0.15, 0.2) is 12.2 Å². The third-order valence-electron chi connectivity index (χ3n) is 7.59. The Kier molecular flexibility index (Phi) is 9.94. The fourth-order valence-corrected chi connectivity index (χ4v) is 5.50. The van der Waals surface area contributed by atoms with Gasteiger partial charge >= 0.3 is 0 Å². The lowest BCUT2D eigenvalue weighted by Crippen LogP contribution is -2.81. The standard InChI is InChI=1S/C22H44N8O8/c1-21(34)8-35-19(13(32)16(21)29-2)38-22(5-6-31)15(26)12(30-20(27)28)11(25)14(17(22)33)37-18-10(24)4-3-9(7-23)36-18/h3,10-19,29,31-34H,4-8,23-26H2,1-2H3,(H4,27,28,30)/t10-,11+,12?,13-,14-,15-,16-,17+,18-,19-,21+,22+/m1/s1. The topological polar surface area (TPSA) is 296 Å². The molecule has 3 aliphatic rings. The van der Waals surface area contributed by atoms with Crippen molar-refractivity contribution in [2.45, 2.75) is 92.1 Å². The van der Waals surface area contributed by atoms with Crippen molar-refractivity contribution in [2.75, 3.05) is 26.8 Å². The van der Waals surface area contributed by atoms with E-state index in [1.165, 1.54) is 6.92 Å². The van der Waals surface area contributed by atoms with Gasteiger partial charge in [-0.3, -0.25) is 5.41 Å². The zero-order valence-corrected chi connectivity index (χ0v) is 21.7. The van der Waals surface area contributed by atoms with E-state index >= 15 is 0 Å². The molecule has 1 aliphatic carbocycles. The molecule has 1 saturated carbocycles. The number of rotatable bonds is 9. The van der Waals surface area contributed by atoms with Crippen LogP contribution in [-0.2, 0) is 18.9 Å². The van der Waals surface area contributed by atoms with Gasteiger partial charge in [-0.15, -0.1) is 0 Å². The van der Waals surface area contributed by atoms with Crippen LogP contribution < -0.4 is 39.3 Å². The summed E-state index contributed by atoms with van der Waals surface area (Å²) in [5, 5.41) is 56.7. The molecule has 12 atom stereocenters. The Labute approximate surface area is 221 Å². The van der Waals surface area contributed by atoms with Crippen LogP contribution in [0.5, 0.6) is 0 Å². The number of hydrogen-bond acceptors (Lipinski definition) is 14. The second-order valence-corrected chi connectivity index (χ2v) is 10.3. The van der Waals surface area contributed by atoms with E-state index in [2.05, 4.69) is 10.6 Å². The van der Waals surface area contributed by atoms with E-state index in [1.54, 1.807) is 13.1 Å². The third-order valence-corrected chi connectivity index (χ3v) is 7.59. The van der Waals surface area contributed by atoms with Gasteiger partial charge in [-0.05, 0) is 26.5 Å². The number of guanidine groups is 1. The first-order chi connectivity index (χ1) is 17.8. The number of aliphatic hydroxyl groups excluding tert-OH is 3. The van der Waals surface area contributed by atoms with Crippen LogP contribution >= 0.6 is 0 Å². The van der Waals surface area contributed by atoms with E-state index in [-0.39, 0.29) is 19.6 Å². The van der Waals surface area contributed by atoms with Crippen molar-refractivity contribution < 1.29 is 39.4 Å². The molecule has 0 spiro atoms. The van der Waals surface area contributed by atoms with Crippen LogP contribution in [0.15, 0.2) is 11.8 Å². The van der Waals surface area contributed by atoms with E-state index in [1.807, 2.05) is 0 Å². The molecule has 220 valence electrons. The fourth-order valence-electron chi connectivity index (χ4n) is 5.50. The van der Waals surface area contributed by atoms with Crippen LogP contribution in [-0.4, -0.2) is 125 Å². The Hall–Kier alpha value is -1.67. The molecule has 16 nitrogen and oxygen atoms in total. The summed E-state index contributed by atoms with van der Waals surface area (Å²) in [5.74, 6) is 0.000551. The van der Waals surface area contributed by atoms with E-state index < -0.39 is 84.9 Å². The maximum Gasteiger partial charge on any atom is 0.215 e. The molecule has 0 aromatic rings. The lowest BCUT2D eigenvalue weighted by Gasteiger charge is -2.56. The van der Waals surface area contributed by atoms with Gasteiger partial charge < -0.3 is 78.7 Å². The Bertz CT molecular complexity index is 852. The Balaban J connectivity index is 1.99. The van der Waals surface area contributed by atoms with Crippen LogP contribution in [0.2, 0.25) is 0 Å². The molecule has 0 radical (unpaired) electrons. The van der Waals surface area contributed by atoms with E-state index in [4.69, 9.17) is 53.0 Å². The maximum absolute atomic E-state index is 11.7. The summed E-state index contributed by atoms with van der Waals surface area (Å²) in [6, 6.07) is -4.71. The van der Waals surface area contributed by atoms with Gasteiger partial charge in [0.05, 0.1) is 43.4 Å². The highest BCUT2D eigenvalue weighted by Crippen LogP contribution is 2.39. The Morgan fingerprint density at radius 2 is 1.95 bits per heavy atom. The quantitative estimate of drug-likeness (QED) is 0.0944. The first-order valence-corrected chi connectivity index (χ1v) is 12.6. The predicted molar refractivity (Wildman–Crippen MR) is 135 cm³/mol. The molecule has 17 N–H and O–H groups in total. The van der Waals surface area contributed by atoms with E-state index in [0.717, 1.165) is 0 Å². The lowest BCUT2D eigenvalue weighted by molar-refractivity contribution is -0.336. The van der Waals surface area contributed by atoms with Gasteiger partial charge in [-0.1, -0.05) is 0 Å². The minimum atomic E-state index is -1.83. The maximum atomic E-state index is 11.7. The summed E-state index contributed by atoms with van der Waals surface area (Å²) < 4.78 is 23.7. The molecule has 0 aromatic carbocycles. The first kappa shape index (κ1) is 30.9. The zero-order chi connectivity index (χ0) is 28.4. The number of nitrogens with one attached hydrogen (secondary N) is 3. The number of nitrogens with two attached hydrogens (primary N) is 5. The molecule has 0 bridgehead atoms. The molecular formula is C22H44N8O8. The summed E-state index contributed by atoms with van der Waals surface area (Å²) in [7, 11) is 1.56. The normalized spacial score (nSPS) is 45.7. The SMILES string of the molecule is CN[C@@H]1[C@@H](O)[C@@H](O[C@@]2(CCO)[C@H](N)C(NC(=N)N)[C@H](N)[C@@H](O[C@H]3OC(CN)=CC[C@H]3N)[C@@H]2O)OC[C@]1(C)O. The highest BCUT2D eigenvalue weighted by Gasteiger charge is 2.61. The van der Waals surface area contributed by atoms with Crippen LogP contribution in [0, 0.1) is 5.41 Å².